The van der Waals surface area contributed by atoms with Crippen molar-refractivity contribution in [3.8, 4) is 0 Å². The monoisotopic (exact) mass is 481 g/mol. The Morgan fingerprint density at radius 1 is 1.14 bits per heavy atom. The number of hydrazone groups is 1. The molecule has 0 radical (unpaired) electrons. The number of carbonyl (C=O) groups excluding carboxylic acids is 1. The second-order valence-corrected chi connectivity index (χ2v) is 8.46. The maximum atomic E-state index is 12.7. The number of fused-ring (bicyclic) bond motifs is 1. The second-order valence-electron chi connectivity index (χ2n) is 8.46. The fraction of sp³-hybridized carbons (Fsp3) is 0.533. The lowest BCUT2D eigenvalue weighted by Gasteiger charge is -2.31. The molecule has 1 aromatic carbocycles. The molecule has 0 saturated heterocycles. The van der Waals surface area contributed by atoms with Crippen molar-refractivity contribution in [2.24, 2.45) is 22.4 Å². The number of carbonyl (C=O) groups is 1. The van der Waals surface area contributed by atoms with E-state index in [1.165, 1.54) is 5.01 Å². The fourth-order valence-corrected chi connectivity index (χ4v) is 4.32. The Labute approximate surface area is 214 Å². The molecule has 5 heteroatoms. The Morgan fingerprint density at radius 2 is 1.77 bits per heavy atom. The van der Waals surface area contributed by atoms with E-state index in [0.29, 0.717) is 18.4 Å². The third-order valence-corrected chi connectivity index (χ3v) is 6.26. The van der Waals surface area contributed by atoms with Crippen LogP contribution in [-0.2, 0) is 9.53 Å². The second kappa shape index (κ2) is 14.6. The summed E-state index contributed by atoms with van der Waals surface area (Å²) in [6, 6.07) is 9.87. The minimum Gasteiger partial charge on any atom is -0.491 e. The third-order valence-electron chi connectivity index (χ3n) is 6.26. The zero-order valence-corrected chi connectivity index (χ0v) is 23.6. The van der Waals surface area contributed by atoms with E-state index in [4.69, 9.17) is 4.74 Å². The van der Waals surface area contributed by atoms with Crippen LogP contribution in [0.5, 0.6) is 0 Å². The summed E-state index contributed by atoms with van der Waals surface area (Å²) >= 11 is 0. The predicted molar refractivity (Wildman–Crippen MR) is 149 cm³/mol. The van der Waals surface area contributed by atoms with Gasteiger partial charge in [-0.3, -0.25) is 4.79 Å². The molecular weight excluding hydrogens is 434 g/mol. The Bertz CT molecular complexity index is 915. The fourth-order valence-electron chi connectivity index (χ4n) is 4.32. The van der Waals surface area contributed by atoms with Gasteiger partial charge in [-0.15, -0.1) is 0 Å². The molecule has 1 fully saturated rings. The number of hydrogen-bond donors (Lipinski definition) is 1. The smallest absolute Gasteiger partial charge is 0.270 e. The molecule has 194 valence electrons. The molecule has 1 N–H and O–H groups in total. The van der Waals surface area contributed by atoms with E-state index in [0.717, 1.165) is 29.2 Å². The van der Waals surface area contributed by atoms with Crippen molar-refractivity contribution in [1.82, 2.24) is 10.3 Å². The lowest BCUT2D eigenvalue weighted by molar-refractivity contribution is -0.129. The molecule has 4 rings (SSSR count). The number of hydrogen-bond acceptors (Lipinski definition) is 4. The van der Waals surface area contributed by atoms with Crippen molar-refractivity contribution in [2.45, 2.75) is 81.8 Å². The highest BCUT2D eigenvalue weighted by atomic mass is 16.5. The van der Waals surface area contributed by atoms with Crippen LogP contribution in [0.25, 0.3) is 0 Å². The Kier molecular flexibility index (Phi) is 12.6. The van der Waals surface area contributed by atoms with Crippen LogP contribution in [-0.4, -0.2) is 29.4 Å². The molecule has 3 unspecified atom stereocenters. The van der Waals surface area contributed by atoms with Gasteiger partial charge in [0.1, 0.15) is 18.5 Å². The molecule has 0 aromatic heterocycles. The van der Waals surface area contributed by atoms with E-state index in [1.807, 2.05) is 85.7 Å². The summed E-state index contributed by atoms with van der Waals surface area (Å²) in [4.78, 5) is 12.7. The molecule has 5 nitrogen and oxygen atoms in total. The topological polar surface area (TPSA) is 53.9 Å². The summed E-state index contributed by atoms with van der Waals surface area (Å²) in [5.41, 5.74) is 2.86. The van der Waals surface area contributed by atoms with Gasteiger partial charge in [0.2, 0.25) is 0 Å². The average Bonchev–Trinajstić information content (AvgIpc) is 3.66. The van der Waals surface area contributed by atoms with Crippen LogP contribution in [0.3, 0.4) is 0 Å². The van der Waals surface area contributed by atoms with Crippen molar-refractivity contribution in [3.05, 3.63) is 71.7 Å². The summed E-state index contributed by atoms with van der Waals surface area (Å²) in [5.74, 6) is 1.97. The number of amides is 1. The van der Waals surface area contributed by atoms with Gasteiger partial charge in [0.15, 0.2) is 0 Å². The number of benzene rings is 1. The maximum Gasteiger partial charge on any atom is 0.270 e. The summed E-state index contributed by atoms with van der Waals surface area (Å²) in [7, 11) is 0. The molecular formula is C30H47N3O2. The van der Waals surface area contributed by atoms with Crippen molar-refractivity contribution in [2.75, 3.05) is 6.61 Å². The molecule has 3 atom stereocenters. The zero-order chi connectivity index (χ0) is 26.6. The van der Waals surface area contributed by atoms with Gasteiger partial charge in [-0.2, -0.15) is 5.10 Å². The van der Waals surface area contributed by atoms with Gasteiger partial charge in [-0.1, -0.05) is 97.9 Å². The Morgan fingerprint density at radius 3 is 2.34 bits per heavy atom. The third kappa shape index (κ3) is 7.33. The summed E-state index contributed by atoms with van der Waals surface area (Å²) in [5, 5.41) is 9.36. The maximum absolute atomic E-state index is 12.7. The highest BCUT2D eigenvalue weighted by Gasteiger charge is 2.57. The number of nitrogens with zero attached hydrogens (tertiary/aromatic N) is 2. The van der Waals surface area contributed by atoms with Gasteiger partial charge < -0.3 is 10.1 Å². The van der Waals surface area contributed by atoms with Gasteiger partial charge in [0, 0.05) is 17.4 Å². The predicted octanol–water partition coefficient (Wildman–Crippen LogP) is 7.28. The van der Waals surface area contributed by atoms with E-state index < -0.39 is 0 Å². The molecule has 0 spiro atoms. The SMILES string of the molecule is C/C(=N\N1C(=O)C=C(COC2=CC=CC3(C(C)C)CC23)NC1C)c1ccccc1.CC.CC.CC. The standard InChI is InChI=1S/C24H29N3O2.3C2H6/c1-16(2)24-12-8-11-22(21(24)14-24)29-15-20-13-23(28)27(18(4)25-20)26-17(3)19-9-6-5-7-10-19;3*1-2/h5-13,16,18,21,25H,14-15H2,1-4H3;3*1-2H3/b26-17+;;;. The van der Waals surface area contributed by atoms with Gasteiger partial charge in [-0.25, -0.2) is 5.01 Å². The first-order chi connectivity index (χ1) is 16.9. The minimum absolute atomic E-state index is 0.134. The first kappa shape index (κ1) is 30.2. The van der Waals surface area contributed by atoms with E-state index >= 15 is 0 Å². The molecule has 35 heavy (non-hydrogen) atoms. The van der Waals surface area contributed by atoms with Gasteiger partial charge in [0.25, 0.3) is 5.91 Å². The summed E-state index contributed by atoms with van der Waals surface area (Å²) in [6.45, 7) is 20.8. The number of allylic oxidation sites excluding steroid dienone is 4. The lowest BCUT2D eigenvalue weighted by atomic mass is 9.87. The normalized spacial score (nSPS) is 24.1. The van der Waals surface area contributed by atoms with E-state index in [2.05, 4.69) is 42.5 Å². The van der Waals surface area contributed by atoms with Crippen LogP contribution in [0.1, 0.15) is 81.2 Å². The molecule has 1 amide bonds. The highest BCUT2D eigenvalue weighted by Crippen LogP contribution is 2.63. The molecule has 1 aliphatic heterocycles. The molecule has 1 aromatic rings. The Balaban J connectivity index is 0.000000949. The van der Waals surface area contributed by atoms with Crippen molar-refractivity contribution in [3.63, 3.8) is 0 Å². The quantitative estimate of drug-likeness (QED) is 0.434. The number of rotatable bonds is 6. The van der Waals surface area contributed by atoms with Gasteiger partial charge in [0.05, 0.1) is 11.4 Å². The molecule has 3 aliphatic rings. The lowest BCUT2D eigenvalue weighted by Crippen LogP contribution is -2.48. The van der Waals surface area contributed by atoms with Gasteiger partial charge >= 0.3 is 0 Å². The number of nitrogens with one attached hydrogen (secondary N) is 1. The average molecular weight is 482 g/mol. The number of ether oxygens (including phenoxy) is 1. The van der Waals surface area contributed by atoms with Crippen molar-refractivity contribution < 1.29 is 9.53 Å². The molecule has 1 saturated carbocycles. The highest BCUT2D eigenvalue weighted by molar-refractivity contribution is 6.00. The van der Waals surface area contributed by atoms with E-state index in [1.54, 1.807) is 6.08 Å². The van der Waals surface area contributed by atoms with Crippen molar-refractivity contribution in [1.29, 1.82) is 0 Å². The van der Waals surface area contributed by atoms with Crippen LogP contribution in [0.4, 0.5) is 0 Å². The van der Waals surface area contributed by atoms with Crippen LogP contribution in [0.15, 0.2) is 71.2 Å². The Hall–Kier alpha value is -2.82. The van der Waals surface area contributed by atoms with Crippen LogP contribution < -0.4 is 5.32 Å². The zero-order valence-electron chi connectivity index (χ0n) is 23.6. The van der Waals surface area contributed by atoms with E-state index in [9.17, 15) is 4.79 Å². The van der Waals surface area contributed by atoms with Crippen LogP contribution in [0, 0.1) is 17.3 Å². The molecule has 2 aliphatic carbocycles. The first-order valence-electron chi connectivity index (χ1n) is 13.3. The summed E-state index contributed by atoms with van der Waals surface area (Å²) < 4.78 is 6.11. The van der Waals surface area contributed by atoms with E-state index in [-0.39, 0.29) is 17.5 Å². The van der Waals surface area contributed by atoms with Crippen molar-refractivity contribution >= 4 is 11.6 Å². The molecule has 0 bridgehead atoms. The summed E-state index contributed by atoms with van der Waals surface area (Å²) in [6.07, 6.45) is 9.00. The largest absolute Gasteiger partial charge is 0.491 e. The molecule has 1 heterocycles. The first-order valence-corrected chi connectivity index (χ1v) is 13.3. The van der Waals surface area contributed by atoms with Crippen LogP contribution in [0.2, 0.25) is 0 Å². The van der Waals surface area contributed by atoms with Gasteiger partial charge in [-0.05, 0) is 37.8 Å². The minimum atomic E-state index is -0.235. The van der Waals surface area contributed by atoms with Crippen LogP contribution >= 0.6 is 0 Å².